The summed E-state index contributed by atoms with van der Waals surface area (Å²) in [6.07, 6.45) is -0.758. The Labute approximate surface area is 166 Å². The van der Waals surface area contributed by atoms with Gasteiger partial charge in [0.15, 0.2) is 0 Å². The Morgan fingerprint density at radius 3 is 2.75 bits per heavy atom. The lowest BCUT2D eigenvalue weighted by molar-refractivity contribution is 0.0666. The van der Waals surface area contributed by atoms with Gasteiger partial charge in [-0.25, -0.2) is 9.37 Å². The first-order chi connectivity index (χ1) is 13.4. The fourth-order valence-electron chi connectivity index (χ4n) is 2.83. The van der Waals surface area contributed by atoms with Crippen LogP contribution in [0, 0.1) is 5.82 Å². The average Bonchev–Trinajstić information content (AvgIpc) is 2.66. The summed E-state index contributed by atoms with van der Waals surface area (Å²) in [4.78, 5) is 21.4. The van der Waals surface area contributed by atoms with E-state index in [2.05, 4.69) is 9.97 Å². The van der Waals surface area contributed by atoms with Crippen molar-refractivity contribution in [3.63, 3.8) is 0 Å². The second-order valence-electron chi connectivity index (χ2n) is 6.42. The van der Waals surface area contributed by atoms with Crippen molar-refractivity contribution in [3.05, 3.63) is 69.5 Å². The molecular weight excluding hydrogens is 385 g/mol. The maximum atomic E-state index is 12.9. The van der Waals surface area contributed by atoms with Gasteiger partial charge < -0.3 is 14.8 Å². The zero-order valence-corrected chi connectivity index (χ0v) is 16.1. The van der Waals surface area contributed by atoms with Crippen molar-refractivity contribution in [1.29, 1.82) is 0 Å². The molecule has 0 unspecified atom stereocenters. The summed E-state index contributed by atoms with van der Waals surface area (Å²) < 4.78 is 18.4. The first-order valence-corrected chi connectivity index (χ1v) is 9.29. The first kappa shape index (κ1) is 20.3. The molecule has 0 amide bonds. The van der Waals surface area contributed by atoms with Crippen LogP contribution in [0.2, 0.25) is 5.02 Å². The number of nitrogens with one attached hydrogen (secondary N) is 1. The number of fused-ring (bicyclic) bond motifs is 1. The number of nitrogens with zero attached hydrogens (tertiary/aromatic N) is 2. The van der Waals surface area contributed by atoms with Gasteiger partial charge in [-0.1, -0.05) is 18.5 Å². The molecule has 0 aliphatic rings. The van der Waals surface area contributed by atoms with E-state index in [1.54, 1.807) is 18.2 Å². The van der Waals surface area contributed by atoms with Crippen LogP contribution in [0.1, 0.15) is 12.7 Å². The highest BCUT2D eigenvalue weighted by molar-refractivity contribution is 6.31. The highest BCUT2D eigenvalue weighted by atomic mass is 35.5. The lowest BCUT2D eigenvalue weighted by Gasteiger charge is -2.23. The van der Waals surface area contributed by atoms with Crippen molar-refractivity contribution in [1.82, 2.24) is 14.9 Å². The third-order valence-corrected chi connectivity index (χ3v) is 4.50. The summed E-state index contributed by atoms with van der Waals surface area (Å²) >= 11 is 5.99. The molecule has 8 heteroatoms. The predicted octanol–water partition coefficient (Wildman–Crippen LogP) is 2.98. The number of aromatic nitrogens is 2. The molecule has 0 saturated carbocycles. The van der Waals surface area contributed by atoms with E-state index < -0.39 is 6.10 Å². The van der Waals surface area contributed by atoms with Crippen LogP contribution in [-0.4, -0.2) is 45.8 Å². The van der Waals surface area contributed by atoms with Gasteiger partial charge in [-0.05, 0) is 49.0 Å². The van der Waals surface area contributed by atoms with Gasteiger partial charge in [0, 0.05) is 11.6 Å². The molecule has 0 aliphatic heterocycles. The second kappa shape index (κ2) is 9.14. The minimum Gasteiger partial charge on any atom is -0.491 e. The highest BCUT2D eigenvalue weighted by Crippen LogP contribution is 2.15. The van der Waals surface area contributed by atoms with Crippen LogP contribution < -0.4 is 10.3 Å². The van der Waals surface area contributed by atoms with Crippen molar-refractivity contribution < 1.29 is 14.2 Å². The number of aliphatic hydroxyl groups is 1. The van der Waals surface area contributed by atoms with Crippen LogP contribution in [0.4, 0.5) is 4.39 Å². The smallest absolute Gasteiger partial charge is 0.258 e. The van der Waals surface area contributed by atoms with E-state index in [-0.39, 0.29) is 18.0 Å². The molecule has 0 aliphatic carbocycles. The molecule has 0 radical (unpaired) electrons. The van der Waals surface area contributed by atoms with E-state index in [0.717, 1.165) is 0 Å². The van der Waals surface area contributed by atoms with E-state index in [0.29, 0.717) is 47.1 Å². The molecule has 1 aromatic heterocycles. The zero-order chi connectivity index (χ0) is 20.1. The number of likely N-dealkylation sites (N-methyl/N-ethyl adjacent to an activating group) is 1. The van der Waals surface area contributed by atoms with Crippen LogP contribution in [0.15, 0.2) is 47.3 Å². The topological polar surface area (TPSA) is 78.5 Å². The number of aromatic amines is 1. The summed E-state index contributed by atoms with van der Waals surface area (Å²) in [6.45, 7) is 3.35. The maximum absolute atomic E-state index is 12.9. The number of halogens is 2. The number of rotatable bonds is 8. The number of hydrogen-bond acceptors (Lipinski definition) is 5. The van der Waals surface area contributed by atoms with E-state index in [1.165, 1.54) is 24.3 Å². The van der Waals surface area contributed by atoms with Crippen molar-refractivity contribution in [2.75, 3.05) is 19.7 Å². The summed E-state index contributed by atoms with van der Waals surface area (Å²) in [7, 11) is 0. The summed E-state index contributed by atoms with van der Waals surface area (Å²) in [5, 5.41) is 11.2. The molecule has 3 aromatic rings. The summed E-state index contributed by atoms with van der Waals surface area (Å²) in [5.74, 6) is 0.636. The lowest BCUT2D eigenvalue weighted by Crippen LogP contribution is -2.36. The largest absolute Gasteiger partial charge is 0.491 e. The fraction of sp³-hybridized carbons (Fsp3) is 0.300. The Balaban J connectivity index is 1.62. The first-order valence-electron chi connectivity index (χ1n) is 8.92. The van der Waals surface area contributed by atoms with Crippen LogP contribution in [-0.2, 0) is 6.54 Å². The maximum Gasteiger partial charge on any atom is 0.258 e. The number of aliphatic hydroxyl groups excluding tert-OH is 1. The van der Waals surface area contributed by atoms with Crippen molar-refractivity contribution >= 4 is 22.5 Å². The lowest BCUT2D eigenvalue weighted by atomic mass is 10.2. The van der Waals surface area contributed by atoms with Crippen LogP contribution in [0.5, 0.6) is 5.75 Å². The molecule has 0 spiro atoms. The number of benzene rings is 2. The Morgan fingerprint density at radius 2 is 2.04 bits per heavy atom. The Bertz CT molecular complexity index is 994. The second-order valence-corrected chi connectivity index (χ2v) is 6.86. The van der Waals surface area contributed by atoms with Crippen molar-refractivity contribution in [2.24, 2.45) is 0 Å². The minimum atomic E-state index is -0.758. The van der Waals surface area contributed by atoms with E-state index >= 15 is 0 Å². The van der Waals surface area contributed by atoms with Gasteiger partial charge in [0.05, 0.1) is 17.4 Å². The van der Waals surface area contributed by atoms with Gasteiger partial charge in [-0.3, -0.25) is 9.69 Å². The monoisotopic (exact) mass is 405 g/mol. The molecule has 2 aromatic carbocycles. The Morgan fingerprint density at radius 1 is 1.29 bits per heavy atom. The van der Waals surface area contributed by atoms with Crippen LogP contribution in [0.25, 0.3) is 10.9 Å². The minimum absolute atomic E-state index is 0.0689. The normalized spacial score (nSPS) is 12.5. The molecule has 28 heavy (non-hydrogen) atoms. The van der Waals surface area contributed by atoms with Crippen LogP contribution >= 0.6 is 11.6 Å². The SMILES string of the molecule is CCN(Cc1nc2cc(Cl)ccc2c(=O)[nH]1)C[C@@H](O)COc1ccc(F)cc1. The predicted molar refractivity (Wildman–Crippen MR) is 106 cm³/mol. The summed E-state index contributed by atoms with van der Waals surface area (Å²) in [5.41, 5.74) is 0.301. The van der Waals surface area contributed by atoms with Gasteiger partial charge in [0.25, 0.3) is 5.56 Å². The third kappa shape index (κ3) is 5.28. The van der Waals surface area contributed by atoms with Gasteiger partial charge in [-0.15, -0.1) is 0 Å². The molecule has 0 bridgehead atoms. The number of hydrogen-bond donors (Lipinski definition) is 2. The third-order valence-electron chi connectivity index (χ3n) is 4.26. The highest BCUT2D eigenvalue weighted by Gasteiger charge is 2.14. The van der Waals surface area contributed by atoms with E-state index in [4.69, 9.17) is 16.3 Å². The number of ether oxygens (including phenoxy) is 1. The van der Waals surface area contributed by atoms with Gasteiger partial charge >= 0.3 is 0 Å². The fourth-order valence-corrected chi connectivity index (χ4v) is 2.99. The molecule has 1 atom stereocenters. The molecule has 148 valence electrons. The van der Waals surface area contributed by atoms with Gasteiger partial charge in [-0.2, -0.15) is 0 Å². The van der Waals surface area contributed by atoms with E-state index in [1.807, 2.05) is 11.8 Å². The molecule has 2 N–H and O–H groups in total. The Kier molecular flexibility index (Phi) is 6.61. The van der Waals surface area contributed by atoms with Crippen LogP contribution in [0.3, 0.4) is 0 Å². The molecule has 1 heterocycles. The molecule has 0 fully saturated rings. The van der Waals surface area contributed by atoms with Crippen molar-refractivity contribution in [3.8, 4) is 5.75 Å². The molecule has 6 nitrogen and oxygen atoms in total. The molecular formula is C20H21ClFN3O3. The molecule has 0 saturated heterocycles. The zero-order valence-electron chi connectivity index (χ0n) is 15.4. The van der Waals surface area contributed by atoms with E-state index in [9.17, 15) is 14.3 Å². The van der Waals surface area contributed by atoms with Gasteiger partial charge in [0.2, 0.25) is 0 Å². The molecule has 3 rings (SSSR count). The number of H-pyrrole nitrogens is 1. The van der Waals surface area contributed by atoms with Gasteiger partial charge in [0.1, 0.15) is 30.1 Å². The standard InChI is InChI=1S/C20H21ClFN3O3/c1-2-25(10-15(26)12-28-16-6-4-14(22)5-7-16)11-19-23-18-9-13(21)3-8-17(18)20(27)24-19/h3-9,15,26H,2,10-12H2,1H3,(H,23,24,27)/t15-/m1/s1. The average molecular weight is 406 g/mol. The van der Waals surface area contributed by atoms with Crippen molar-refractivity contribution in [2.45, 2.75) is 19.6 Å². The Hall–Kier alpha value is -2.48. The summed E-state index contributed by atoms with van der Waals surface area (Å²) in [6, 6.07) is 10.6. The quantitative estimate of drug-likeness (QED) is 0.602.